The predicted molar refractivity (Wildman–Crippen MR) is 198 cm³/mol. The van der Waals surface area contributed by atoms with E-state index in [9.17, 15) is 0 Å². The van der Waals surface area contributed by atoms with Crippen molar-refractivity contribution in [2.45, 2.75) is 0 Å². The molecule has 0 amide bonds. The van der Waals surface area contributed by atoms with Gasteiger partial charge in [0.2, 0.25) is 0 Å². The molecule has 9 rings (SSSR count). The van der Waals surface area contributed by atoms with Crippen molar-refractivity contribution < 1.29 is 0 Å². The molecule has 0 nitrogen and oxygen atoms in total. The predicted octanol–water partition coefficient (Wildman–Crippen LogP) is 13.0. The van der Waals surface area contributed by atoms with E-state index in [0.29, 0.717) is 0 Å². The zero-order valence-corrected chi connectivity index (χ0v) is 25.3. The Bertz CT molecular complexity index is 2410. The molecule has 0 spiro atoms. The lowest BCUT2D eigenvalue weighted by Gasteiger charge is -2.18. The Kier molecular flexibility index (Phi) is 6.25. The summed E-state index contributed by atoms with van der Waals surface area (Å²) in [5, 5.41) is 10.1. The fourth-order valence-electron chi connectivity index (χ4n) is 7.16. The number of benzene rings is 9. The average Bonchev–Trinajstić information content (AvgIpc) is 3.13. The van der Waals surface area contributed by atoms with Gasteiger partial charge in [0, 0.05) is 0 Å². The summed E-state index contributed by atoms with van der Waals surface area (Å²) in [4.78, 5) is 0. The van der Waals surface area contributed by atoms with Crippen LogP contribution < -0.4 is 0 Å². The molecule has 0 aliphatic carbocycles. The minimum atomic E-state index is 1.23. The molecule has 9 aromatic carbocycles. The molecule has 0 unspecified atom stereocenters. The molecule has 0 bridgehead atoms. The van der Waals surface area contributed by atoms with E-state index in [1.807, 2.05) is 0 Å². The Labute approximate surface area is 268 Å². The minimum Gasteiger partial charge on any atom is -0.0616 e. The Balaban J connectivity index is 1.29. The van der Waals surface area contributed by atoms with Gasteiger partial charge in [-0.25, -0.2) is 0 Å². The summed E-state index contributed by atoms with van der Waals surface area (Å²) in [6.07, 6.45) is 0. The van der Waals surface area contributed by atoms with E-state index >= 15 is 0 Å². The minimum absolute atomic E-state index is 1.23. The van der Waals surface area contributed by atoms with Gasteiger partial charge < -0.3 is 0 Å². The van der Waals surface area contributed by atoms with Crippen LogP contribution in [-0.2, 0) is 0 Å². The Hall–Kier alpha value is -5.98. The van der Waals surface area contributed by atoms with Crippen LogP contribution in [0.2, 0.25) is 0 Å². The monoisotopic (exact) mass is 582 g/mol. The van der Waals surface area contributed by atoms with Crippen molar-refractivity contribution in [3.8, 4) is 44.5 Å². The van der Waals surface area contributed by atoms with E-state index in [1.54, 1.807) is 0 Å². The van der Waals surface area contributed by atoms with Gasteiger partial charge in [-0.05, 0) is 112 Å². The average molecular weight is 583 g/mol. The standard InChI is InChI=1S/C46H30/c1-3-13-33-27-37(23-21-31(33)11-1)39-17-7-9-19-41(39)43-25-26-44(46-30-36-16-6-5-15-35(36)29-45(43)46)42-20-10-8-18-40(42)38-24-22-32-12-2-4-14-34(32)28-38/h1-30H. The highest BCUT2D eigenvalue weighted by Crippen LogP contribution is 2.43. The maximum Gasteiger partial charge on any atom is -0.00926 e. The summed E-state index contributed by atoms with van der Waals surface area (Å²) >= 11 is 0. The van der Waals surface area contributed by atoms with E-state index in [-0.39, 0.29) is 0 Å². The maximum absolute atomic E-state index is 2.39. The molecule has 0 atom stereocenters. The van der Waals surface area contributed by atoms with E-state index in [1.165, 1.54) is 87.6 Å². The summed E-state index contributed by atoms with van der Waals surface area (Å²) in [6.45, 7) is 0. The van der Waals surface area contributed by atoms with Crippen LogP contribution in [-0.4, -0.2) is 0 Å². The highest BCUT2D eigenvalue weighted by molar-refractivity contribution is 6.13. The third-order valence-corrected chi connectivity index (χ3v) is 9.44. The number of hydrogen-bond donors (Lipinski definition) is 0. The van der Waals surface area contributed by atoms with Crippen molar-refractivity contribution in [1.82, 2.24) is 0 Å². The molecular weight excluding hydrogens is 553 g/mol. The Morgan fingerprint density at radius 3 is 0.935 bits per heavy atom. The summed E-state index contributed by atoms with van der Waals surface area (Å²) < 4.78 is 0. The second-order valence-corrected chi connectivity index (χ2v) is 12.1. The molecule has 0 aliphatic heterocycles. The normalized spacial score (nSPS) is 11.5. The topological polar surface area (TPSA) is 0 Å². The maximum atomic E-state index is 2.39. The molecule has 9 aromatic rings. The summed E-state index contributed by atoms with van der Waals surface area (Å²) in [5.74, 6) is 0. The van der Waals surface area contributed by atoms with Gasteiger partial charge in [0.05, 0.1) is 0 Å². The Morgan fingerprint density at radius 1 is 0.196 bits per heavy atom. The Morgan fingerprint density at radius 2 is 0.522 bits per heavy atom. The van der Waals surface area contributed by atoms with Gasteiger partial charge >= 0.3 is 0 Å². The van der Waals surface area contributed by atoms with Crippen molar-refractivity contribution in [3.05, 3.63) is 182 Å². The number of fused-ring (bicyclic) bond motifs is 4. The molecule has 0 heterocycles. The molecule has 0 N–H and O–H groups in total. The van der Waals surface area contributed by atoms with Crippen LogP contribution in [0.1, 0.15) is 0 Å². The SMILES string of the molecule is c1ccc(-c2ccc(-c3ccccc3-c3ccc4ccccc4c3)c3cc4ccccc4cc23)c(-c2ccc3ccccc3c2)c1. The van der Waals surface area contributed by atoms with E-state index in [2.05, 4.69) is 182 Å². The van der Waals surface area contributed by atoms with Crippen LogP contribution in [0.5, 0.6) is 0 Å². The van der Waals surface area contributed by atoms with Crippen LogP contribution in [0.25, 0.3) is 87.6 Å². The number of hydrogen-bond acceptors (Lipinski definition) is 0. The fourth-order valence-corrected chi connectivity index (χ4v) is 7.16. The van der Waals surface area contributed by atoms with Crippen LogP contribution in [0.4, 0.5) is 0 Å². The first-order valence-corrected chi connectivity index (χ1v) is 15.9. The molecule has 0 saturated heterocycles. The summed E-state index contributed by atoms with van der Waals surface area (Å²) in [6, 6.07) is 66.7. The molecule has 46 heavy (non-hydrogen) atoms. The molecule has 0 radical (unpaired) electrons. The second-order valence-electron chi connectivity index (χ2n) is 12.1. The third kappa shape index (κ3) is 4.47. The quantitative estimate of drug-likeness (QED) is 0.181. The summed E-state index contributed by atoms with van der Waals surface area (Å²) in [7, 11) is 0. The van der Waals surface area contributed by atoms with Gasteiger partial charge in [-0.1, -0.05) is 158 Å². The fraction of sp³-hybridized carbons (Fsp3) is 0. The third-order valence-electron chi connectivity index (χ3n) is 9.44. The molecule has 0 aliphatic rings. The van der Waals surface area contributed by atoms with Crippen molar-refractivity contribution in [2.24, 2.45) is 0 Å². The van der Waals surface area contributed by atoms with Crippen LogP contribution >= 0.6 is 0 Å². The highest BCUT2D eigenvalue weighted by Gasteiger charge is 2.17. The van der Waals surface area contributed by atoms with Crippen molar-refractivity contribution in [1.29, 1.82) is 0 Å². The molecule has 0 aromatic heterocycles. The van der Waals surface area contributed by atoms with Crippen molar-refractivity contribution in [3.63, 3.8) is 0 Å². The second kappa shape index (κ2) is 10.9. The molecule has 0 saturated carbocycles. The number of rotatable bonds is 4. The molecule has 0 fully saturated rings. The van der Waals surface area contributed by atoms with E-state index in [0.717, 1.165) is 0 Å². The highest BCUT2D eigenvalue weighted by atomic mass is 14.2. The van der Waals surface area contributed by atoms with E-state index < -0.39 is 0 Å². The van der Waals surface area contributed by atoms with Gasteiger partial charge in [0.15, 0.2) is 0 Å². The smallest absolute Gasteiger partial charge is 0.00926 e. The van der Waals surface area contributed by atoms with Gasteiger partial charge in [0.1, 0.15) is 0 Å². The van der Waals surface area contributed by atoms with Gasteiger partial charge in [0.25, 0.3) is 0 Å². The lowest BCUT2D eigenvalue weighted by Crippen LogP contribution is -1.91. The zero-order chi connectivity index (χ0) is 30.5. The molecular formula is C46H30. The molecule has 214 valence electrons. The van der Waals surface area contributed by atoms with Gasteiger partial charge in [-0.3, -0.25) is 0 Å². The first-order chi connectivity index (χ1) is 22.8. The summed E-state index contributed by atoms with van der Waals surface area (Å²) in [5.41, 5.74) is 9.93. The molecule has 0 heteroatoms. The van der Waals surface area contributed by atoms with Gasteiger partial charge in [-0.2, -0.15) is 0 Å². The first kappa shape index (κ1) is 26.4. The van der Waals surface area contributed by atoms with E-state index in [4.69, 9.17) is 0 Å². The van der Waals surface area contributed by atoms with Crippen LogP contribution in [0.15, 0.2) is 182 Å². The van der Waals surface area contributed by atoms with Crippen molar-refractivity contribution in [2.75, 3.05) is 0 Å². The largest absolute Gasteiger partial charge is 0.0616 e. The zero-order valence-electron chi connectivity index (χ0n) is 25.3. The van der Waals surface area contributed by atoms with Crippen LogP contribution in [0.3, 0.4) is 0 Å². The lowest BCUT2D eigenvalue weighted by molar-refractivity contribution is 1.60. The lowest BCUT2D eigenvalue weighted by atomic mass is 9.85. The van der Waals surface area contributed by atoms with Crippen LogP contribution in [0, 0.1) is 0 Å². The first-order valence-electron chi connectivity index (χ1n) is 15.9. The van der Waals surface area contributed by atoms with Gasteiger partial charge in [-0.15, -0.1) is 0 Å². The van der Waals surface area contributed by atoms with Crippen molar-refractivity contribution >= 4 is 43.1 Å².